The predicted octanol–water partition coefficient (Wildman–Crippen LogP) is 1.77. The van der Waals surface area contributed by atoms with Crippen LogP contribution in [0.25, 0.3) is 0 Å². The Morgan fingerprint density at radius 1 is 1.36 bits per heavy atom. The molecule has 7 heteroatoms. The fourth-order valence-corrected chi connectivity index (χ4v) is 3.44. The summed E-state index contributed by atoms with van der Waals surface area (Å²) in [6.45, 7) is 4.57. The maximum Gasteiger partial charge on any atom is 0.358 e. The fourth-order valence-electron chi connectivity index (χ4n) is 3.44. The van der Waals surface area contributed by atoms with Gasteiger partial charge in [0, 0.05) is 24.8 Å². The van der Waals surface area contributed by atoms with E-state index in [9.17, 15) is 9.59 Å². The van der Waals surface area contributed by atoms with Crippen LogP contribution in [0, 0.1) is 11.8 Å². The van der Waals surface area contributed by atoms with E-state index in [1.54, 1.807) is 24.0 Å². The molecule has 1 aliphatic heterocycles. The highest BCUT2D eigenvalue weighted by atomic mass is 16.5. The van der Waals surface area contributed by atoms with Gasteiger partial charge in [-0.15, -0.1) is 0 Å². The lowest BCUT2D eigenvalue weighted by atomic mass is 10.2. The first kappa shape index (κ1) is 15.8. The molecule has 1 saturated heterocycles. The van der Waals surface area contributed by atoms with Gasteiger partial charge in [0.05, 0.1) is 19.5 Å². The Bertz CT molecular complexity index is 806. The van der Waals surface area contributed by atoms with Crippen molar-refractivity contribution in [2.24, 2.45) is 11.8 Å². The van der Waals surface area contributed by atoms with Gasteiger partial charge in [0.2, 0.25) is 0 Å². The van der Waals surface area contributed by atoms with Crippen molar-refractivity contribution >= 4 is 18.1 Å². The van der Waals surface area contributed by atoms with Crippen LogP contribution in [-0.2, 0) is 11.3 Å². The van der Waals surface area contributed by atoms with Crippen LogP contribution < -0.4 is 4.90 Å². The second-order valence-electron chi connectivity index (χ2n) is 6.64. The number of hydrogen-bond acceptors (Lipinski definition) is 6. The van der Waals surface area contributed by atoms with Crippen LogP contribution in [0.5, 0.6) is 0 Å². The summed E-state index contributed by atoms with van der Waals surface area (Å²) >= 11 is 0. The van der Waals surface area contributed by atoms with Crippen molar-refractivity contribution < 1.29 is 14.3 Å². The summed E-state index contributed by atoms with van der Waals surface area (Å²) in [5.41, 5.74) is 1.50. The highest BCUT2D eigenvalue weighted by Gasteiger charge is 2.45. The van der Waals surface area contributed by atoms with Gasteiger partial charge in [0.15, 0.2) is 12.0 Å². The third-order valence-corrected chi connectivity index (χ3v) is 4.88. The third-order valence-electron chi connectivity index (χ3n) is 4.88. The Kier molecular flexibility index (Phi) is 3.99. The summed E-state index contributed by atoms with van der Waals surface area (Å²) in [4.78, 5) is 34.0. The molecule has 0 radical (unpaired) electrons. The largest absolute Gasteiger partial charge is 0.461 e. The molecule has 2 fully saturated rings. The number of ether oxygens (including phenoxy) is 1. The van der Waals surface area contributed by atoms with Gasteiger partial charge in [0.25, 0.3) is 0 Å². The Morgan fingerprint density at radius 3 is 2.88 bits per heavy atom. The summed E-state index contributed by atoms with van der Waals surface area (Å²) in [6.07, 6.45) is 5.30. The number of anilines is 1. The number of carbonyl (C=O) groups excluding carboxylic acids is 2. The smallest absolute Gasteiger partial charge is 0.358 e. The number of piperidine rings is 1. The Hall–Kier alpha value is -2.70. The van der Waals surface area contributed by atoms with Crippen LogP contribution in [0.1, 0.15) is 39.9 Å². The van der Waals surface area contributed by atoms with E-state index in [1.165, 1.54) is 6.42 Å². The molecule has 130 valence electrons. The maximum atomic E-state index is 11.7. The highest BCUT2D eigenvalue weighted by molar-refractivity contribution is 5.86. The monoisotopic (exact) mass is 340 g/mol. The van der Waals surface area contributed by atoms with E-state index >= 15 is 0 Å². The maximum absolute atomic E-state index is 11.7. The molecule has 0 bridgehead atoms. The first-order valence-electron chi connectivity index (χ1n) is 8.57. The first-order chi connectivity index (χ1) is 12.2. The van der Waals surface area contributed by atoms with Crippen molar-refractivity contribution in [2.45, 2.75) is 19.9 Å². The zero-order valence-electron chi connectivity index (χ0n) is 14.1. The predicted molar refractivity (Wildman–Crippen MR) is 90.7 cm³/mol. The molecule has 1 saturated carbocycles. The Morgan fingerprint density at radius 2 is 2.16 bits per heavy atom. The van der Waals surface area contributed by atoms with Gasteiger partial charge < -0.3 is 14.2 Å². The van der Waals surface area contributed by atoms with Crippen molar-refractivity contribution in [1.82, 2.24) is 14.5 Å². The number of aldehydes is 1. The van der Waals surface area contributed by atoms with Crippen molar-refractivity contribution in [3.63, 3.8) is 0 Å². The van der Waals surface area contributed by atoms with Gasteiger partial charge in [0.1, 0.15) is 11.5 Å². The number of nitrogens with zero attached hydrogens (tertiary/aromatic N) is 4. The quantitative estimate of drug-likeness (QED) is 0.589. The number of esters is 1. The molecule has 4 rings (SSSR count). The van der Waals surface area contributed by atoms with Crippen LogP contribution in [0.3, 0.4) is 0 Å². The summed E-state index contributed by atoms with van der Waals surface area (Å²) in [5.74, 6) is 2.05. The first-order valence-corrected chi connectivity index (χ1v) is 8.57. The van der Waals surface area contributed by atoms with E-state index in [0.29, 0.717) is 18.8 Å². The number of rotatable bonds is 6. The van der Waals surface area contributed by atoms with E-state index in [4.69, 9.17) is 4.74 Å². The van der Waals surface area contributed by atoms with Crippen LogP contribution in [0.2, 0.25) is 0 Å². The highest BCUT2D eigenvalue weighted by Crippen LogP contribution is 2.45. The fraction of sp³-hybridized carbons (Fsp3) is 0.444. The minimum absolute atomic E-state index is 0.260. The van der Waals surface area contributed by atoms with Gasteiger partial charge in [-0.05, 0) is 31.2 Å². The molecule has 2 atom stereocenters. The summed E-state index contributed by atoms with van der Waals surface area (Å²) < 4.78 is 6.68. The van der Waals surface area contributed by atoms with Gasteiger partial charge >= 0.3 is 5.97 Å². The van der Waals surface area contributed by atoms with Crippen LogP contribution in [0.4, 0.5) is 5.82 Å². The lowest BCUT2D eigenvalue weighted by Crippen LogP contribution is -2.23. The molecule has 0 aromatic carbocycles. The number of pyridine rings is 1. The zero-order chi connectivity index (χ0) is 17.4. The number of imidazole rings is 1. The average Bonchev–Trinajstić information content (AvgIpc) is 3.02. The molecule has 0 N–H and O–H groups in total. The second-order valence-corrected chi connectivity index (χ2v) is 6.64. The molecule has 2 aliphatic rings. The van der Waals surface area contributed by atoms with E-state index in [-0.39, 0.29) is 5.69 Å². The van der Waals surface area contributed by atoms with E-state index in [0.717, 1.165) is 42.6 Å². The van der Waals surface area contributed by atoms with E-state index in [1.807, 2.05) is 12.1 Å². The van der Waals surface area contributed by atoms with Gasteiger partial charge in [-0.1, -0.05) is 6.07 Å². The molecule has 2 aromatic rings. The van der Waals surface area contributed by atoms with Crippen molar-refractivity contribution in [1.29, 1.82) is 0 Å². The average molecular weight is 340 g/mol. The van der Waals surface area contributed by atoms with E-state index in [2.05, 4.69) is 14.9 Å². The zero-order valence-corrected chi connectivity index (χ0v) is 14.1. The number of aromatic nitrogens is 3. The molecular weight excluding hydrogens is 320 g/mol. The summed E-state index contributed by atoms with van der Waals surface area (Å²) in [6, 6.07) is 3.90. The van der Waals surface area contributed by atoms with Crippen molar-refractivity contribution in [3.05, 3.63) is 41.6 Å². The van der Waals surface area contributed by atoms with Crippen molar-refractivity contribution in [2.75, 3.05) is 24.6 Å². The normalized spacial score (nSPS) is 21.1. The number of hydrogen-bond donors (Lipinski definition) is 0. The molecule has 7 nitrogen and oxygen atoms in total. The summed E-state index contributed by atoms with van der Waals surface area (Å²) in [5, 5.41) is 0. The molecule has 0 amide bonds. The second kappa shape index (κ2) is 6.31. The molecule has 1 aliphatic carbocycles. The lowest BCUT2D eigenvalue weighted by Gasteiger charge is -2.20. The molecule has 25 heavy (non-hydrogen) atoms. The molecule has 3 heterocycles. The third kappa shape index (κ3) is 3.14. The Balaban J connectivity index is 1.50. The number of carbonyl (C=O) groups is 2. The SMILES string of the molecule is CCOC(=O)c1cn(Cc2ccc(N3CC4CC4C3)nc2C=O)cn1. The van der Waals surface area contributed by atoms with Crippen LogP contribution in [0.15, 0.2) is 24.7 Å². The van der Waals surface area contributed by atoms with Crippen molar-refractivity contribution in [3.8, 4) is 0 Å². The van der Waals surface area contributed by atoms with Crippen LogP contribution >= 0.6 is 0 Å². The summed E-state index contributed by atoms with van der Waals surface area (Å²) in [7, 11) is 0. The minimum atomic E-state index is -0.446. The Labute approximate surface area is 145 Å². The van der Waals surface area contributed by atoms with Gasteiger partial charge in [-0.25, -0.2) is 14.8 Å². The topological polar surface area (TPSA) is 77.3 Å². The minimum Gasteiger partial charge on any atom is -0.461 e. The molecule has 2 unspecified atom stereocenters. The van der Waals surface area contributed by atoms with Gasteiger partial charge in [-0.3, -0.25) is 4.79 Å². The lowest BCUT2D eigenvalue weighted by molar-refractivity contribution is 0.0520. The number of fused-ring (bicyclic) bond motifs is 1. The molecule has 2 aromatic heterocycles. The van der Waals surface area contributed by atoms with E-state index < -0.39 is 5.97 Å². The molecular formula is C18H20N4O3. The molecule has 0 spiro atoms. The van der Waals surface area contributed by atoms with Crippen LogP contribution in [-0.4, -0.2) is 46.5 Å². The standard InChI is InChI=1S/C18H20N4O3/c1-2-25-18(24)15-9-21(11-19-15)6-12-3-4-17(20-16(12)10-23)22-7-13-5-14(13)8-22/h3-4,9-11,13-14H,2,5-8H2,1H3. The van der Waals surface area contributed by atoms with Gasteiger partial charge in [-0.2, -0.15) is 0 Å².